The molecule has 0 aromatic heterocycles. The van der Waals surface area contributed by atoms with Crippen molar-refractivity contribution in [2.24, 2.45) is 0 Å². The minimum atomic E-state index is -3.54. The zero-order valence-electron chi connectivity index (χ0n) is 15.2. The SMILES string of the molecule is CC/C=C(/C)C(=O)Nc1cccc(S(=O)(=O)N2CCN(CC)CC2)c1. The highest BCUT2D eigenvalue weighted by molar-refractivity contribution is 7.89. The van der Waals surface area contributed by atoms with Crippen LogP contribution in [0.2, 0.25) is 0 Å². The van der Waals surface area contributed by atoms with Gasteiger partial charge in [-0.3, -0.25) is 4.79 Å². The van der Waals surface area contributed by atoms with Crippen molar-refractivity contribution in [3.63, 3.8) is 0 Å². The van der Waals surface area contributed by atoms with Crippen molar-refractivity contribution < 1.29 is 13.2 Å². The summed E-state index contributed by atoms with van der Waals surface area (Å²) in [5.74, 6) is -0.215. The zero-order valence-corrected chi connectivity index (χ0v) is 16.0. The molecule has 1 fully saturated rings. The van der Waals surface area contributed by atoms with Crippen LogP contribution < -0.4 is 5.32 Å². The van der Waals surface area contributed by atoms with Crippen LogP contribution in [-0.4, -0.2) is 56.3 Å². The lowest BCUT2D eigenvalue weighted by Crippen LogP contribution is -2.48. The fraction of sp³-hybridized carbons (Fsp3) is 0.500. The van der Waals surface area contributed by atoms with Gasteiger partial charge in [0.05, 0.1) is 4.90 Å². The highest BCUT2D eigenvalue weighted by atomic mass is 32.2. The number of nitrogens with zero attached hydrogens (tertiary/aromatic N) is 2. The molecule has 0 spiro atoms. The van der Waals surface area contributed by atoms with E-state index >= 15 is 0 Å². The summed E-state index contributed by atoms with van der Waals surface area (Å²) in [6.45, 7) is 9.18. The lowest BCUT2D eigenvalue weighted by atomic mass is 10.2. The summed E-state index contributed by atoms with van der Waals surface area (Å²) in [6.07, 6.45) is 2.61. The predicted octanol–water partition coefficient (Wildman–Crippen LogP) is 2.31. The van der Waals surface area contributed by atoms with Crippen molar-refractivity contribution in [3.8, 4) is 0 Å². The topological polar surface area (TPSA) is 69.7 Å². The number of hydrogen-bond acceptors (Lipinski definition) is 4. The second-order valence-electron chi connectivity index (χ2n) is 6.12. The van der Waals surface area contributed by atoms with E-state index in [1.165, 1.54) is 10.4 Å². The van der Waals surface area contributed by atoms with Gasteiger partial charge in [-0.25, -0.2) is 8.42 Å². The van der Waals surface area contributed by atoms with E-state index in [2.05, 4.69) is 17.1 Å². The number of piperazine rings is 1. The van der Waals surface area contributed by atoms with Crippen LogP contribution in [0.15, 0.2) is 40.8 Å². The number of hydrogen-bond donors (Lipinski definition) is 1. The van der Waals surface area contributed by atoms with Gasteiger partial charge >= 0.3 is 0 Å². The minimum absolute atomic E-state index is 0.215. The number of amides is 1. The van der Waals surface area contributed by atoms with E-state index in [4.69, 9.17) is 0 Å². The third kappa shape index (κ3) is 4.90. The van der Waals surface area contributed by atoms with Crippen LogP contribution in [0.25, 0.3) is 0 Å². The van der Waals surface area contributed by atoms with Crippen molar-refractivity contribution in [3.05, 3.63) is 35.9 Å². The second-order valence-corrected chi connectivity index (χ2v) is 8.05. The number of allylic oxidation sites excluding steroid dienone is 1. The van der Waals surface area contributed by atoms with Gasteiger partial charge < -0.3 is 10.2 Å². The maximum Gasteiger partial charge on any atom is 0.250 e. The molecule has 25 heavy (non-hydrogen) atoms. The van der Waals surface area contributed by atoms with Gasteiger partial charge in [0.25, 0.3) is 5.91 Å². The molecule has 0 aliphatic carbocycles. The Morgan fingerprint density at radius 2 is 1.88 bits per heavy atom. The molecule has 1 heterocycles. The molecule has 0 saturated carbocycles. The van der Waals surface area contributed by atoms with Gasteiger partial charge in [-0.05, 0) is 38.1 Å². The van der Waals surface area contributed by atoms with Crippen LogP contribution in [0.5, 0.6) is 0 Å². The number of anilines is 1. The Hall–Kier alpha value is -1.70. The van der Waals surface area contributed by atoms with Gasteiger partial charge in [0.15, 0.2) is 0 Å². The maximum absolute atomic E-state index is 12.8. The molecule has 1 saturated heterocycles. The summed E-state index contributed by atoms with van der Waals surface area (Å²) in [6, 6.07) is 6.46. The number of likely N-dealkylation sites (N-methyl/N-ethyl adjacent to an activating group) is 1. The first-order chi connectivity index (χ1) is 11.9. The predicted molar refractivity (Wildman–Crippen MR) is 100.0 cm³/mol. The summed E-state index contributed by atoms with van der Waals surface area (Å²) < 4.78 is 27.2. The Morgan fingerprint density at radius 3 is 2.48 bits per heavy atom. The first kappa shape index (κ1) is 19.6. The maximum atomic E-state index is 12.8. The third-order valence-electron chi connectivity index (χ3n) is 4.38. The standard InChI is InChI=1S/C18H27N3O3S/c1-4-7-15(3)18(22)19-16-8-6-9-17(14-16)25(23,24)21-12-10-20(5-2)11-13-21/h6-9,14H,4-5,10-13H2,1-3H3,(H,19,22)/b15-7-. The zero-order chi connectivity index (χ0) is 18.4. The van der Waals surface area contributed by atoms with Gasteiger partial charge in [-0.1, -0.05) is 26.0 Å². The van der Waals surface area contributed by atoms with E-state index < -0.39 is 10.0 Å². The number of rotatable bonds is 6. The van der Waals surface area contributed by atoms with E-state index in [1.54, 1.807) is 25.1 Å². The molecule has 0 radical (unpaired) electrons. The first-order valence-electron chi connectivity index (χ1n) is 8.69. The van der Waals surface area contributed by atoms with Crippen molar-refractivity contribution in [1.29, 1.82) is 0 Å². The van der Waals surface area contributed by atoms with Crippen LogP contribution in [0.4, 0.5) is 5.69 Å². The molecule has 1 aliphatic rings. The van der Waals surface area contributed by atoms with E-state index in [1.807, 2.05) is 13.0 Å². The molecule has 1 aromatic carbocycles. The lowest BCUT2D eigenvalue weighted by Gasteiger charge is -2.33. The van der Waals surface area contributed by atoms with E-state index in [0.717, 1.165) is 26.1 Å². The van der Waals surface area contributed by atoms with Crippen LogP contribution in [0, 0.1) is 0 Å². The summed E-state index contributed by atoms with van der Waals surface area (Å²) in [5, 5.41) is 2.76. The Balaban J connectivity index is 2.15. The number of carbonyl (C=O) groups is 1. The van der Waals surface area contributed by atoms with Crippen molar-refractivity contribution >= 4 is 21.6 Å². The Morgan fingerprint density at radius 1 is 1.20 bits per heavy atom. The summed E-state index contributed by atoms with van der Waals surface area (Å²) in [5.41, 5.74) is 1.11. The molecule has 0 bridgehead atoms. The number of sulfonamides is 1. The van der Waals surface area contributed by atoms with Crippen molar-refractivity contribution in [2.45, 2.75) is 32.1 Å². The average molecular weight is 365 g/mol. The number of nitrogens with one attached hydrogen (secondary N) is 1. The molecular weight excluding hydrogens is 338 g/mol. The molecule has 1 aliphatic heterocycles. The molecular formula is C18H27N3O3S. The summed E-state index contributed by atoms with van der Waals surface area (Å²) in [7, 11) is -3.54. The van der Waals surface area contributed by atoms with E-state index in [-0.39, 0.29) is 10.8 Å². The van der Waals surface area contributed by atoms with Gasteiger partial charge in [0, 0.05) is 37.4 Å². The molecule has 1 amide bonds. The summed E-state index contributed by atoms with van der Waals surface area (Å²) in [4.78, 5) is 14.5. The van der Waals surface area contributed by atoms with Gasteiger partial charge in [0.1, 0.15) is 0 Å². The Labute approximate surface area is 150 Å². The van der Waals surface area contributed by atoms with Gasteiger partial charge in [-0.2, -0.15) is 4.31 Å². The van der Waals surface area contributed by atoms with Gasteiger partial charge in [0.2, 0.25) is 10.0 Å². The molecule has 2 rings (SSSR count). The third-order valence-corrected chi connectivity index (χ3v) is 6.27. The normalized spacial score (nSPS) is 17.5. The van der Waals surface area contributed by atoms with Crippen LogP contribution >= 0.6 is 0 Å². The smallest absolute Gasteiger partial charge is 0.250 e. The number of carbonyl (C=O) groups excluding carboxylic acids is 1. The Kier molecular flexibility index (Phi) is 6.75. The summed E-state index contributed by atoms with van der Waals surface area (Å²) >= 11 is 0. The molecule has 6 nitrogen and oxygen atoms in total. The molecule has 1 N–H and O–H groups in total. The Bertz CT molecular complexity index is 736. The number of benzene rings is 1. The molecule has 7 heteroatoms. The highest BCUT2D eigenvalue weighted by Gasteiger charge is 2.28. The molecule has 138 valence electrons. The fourth-order valence-electron chi connectivity index (χ4n) is 2.80. The molecule has 1 aromatic rings. The minimum Gasteiger partial charge on any atom is -0.322 e. The largest absolute Gasteiger partial charge is 0.322 e. The fourth-order valence-corrected chi connectivity index (χ4v) is 4.27. The van der Waals surface area contributed by atoms with Crippen molar-refractivity contribution in [1.82, 2.24) is 9.21 Å². The molecule has 0 unspecified atom stereocenters. The van der Waals surface area contributed by atoms with E-state index in [9.17, 15) is 13.2 Å². The quantitative estimate of drug-likeness (QED) is 0.786. The first-order valence-corrected chi connectivity index (χ1v) is 10.1. The molecule has 0 atom stereocenters. The van der Waals surface area contributed by atoms with Gasteiger partial charge in [-0.15, -0.1) is 0 Å². The average Bonchev–Trinajstić information content (AvgIpc) is 2.62. The van der Waals surface area contributed by atoms with Crippen molar-refractivity contribution in [2.75, 3.05) is 38.0 Å². The second kappa shape index (κ2) is 8.60. The van der Waals surface area contributed by atoms with Crippen LogP contribution in [0.3, 0.4) is 0 Å². The van der Waals surface area contributed by atoms with Crippen LogP contribution in [-0.2, 0) is 14.8 Å². The van der Waals surface area contributed by atoms with E-state index in [0.29, 0.717) is 24.4 Å². The lowest BCUT2D eigenvalue weighted by molar-refractivity contribution is -0.112. The van der Waals surface area contributed by atoms with Crippen LogP contribution in [0.1, 0.15) is 27.2 Å². The highest BCUT2D eigenvalue weighted by Crippen LogP contribution is 2.21. The monoisotopic (exact) mass is 365 g/mol.